The maximum absolute atomic E-state index is 6.43. The summed E-state index contributed by atoms with van der Waals surface area (Å²) < 4.78 is 2.28. The molecule has 1 atom stereocenters. The lowest BCUT2D eigenvalue weighted by molar-refractivity contribution is 0.494. The van der Waals surface area contributed by atoms with Crippen molar-refractivity contribution < 1.29 is 0 Å². The predicted molar refractivity (Wildman–Crippen MR) is 128 cm³/mol. The van der Waals surface area contributed by atoms with Crippen molar-refractivity contribution in [2.24, 2.45) is 0 Å². The van der Waals surface area contributed by atoms with E-state index in [1.165, 1.54) is 22.0 Å². The Morgan fingerprint density at radius 1 is 0.900 bits per heavy atom. The van der Waals surface area contributed by atoms with E-state index in [4.69, 9.17) is 23.2 Å². The van der Waals surface area contributed by atoms with E-state index in [0.29, 0.717) is 22.6 Å². The molecule has 0 spiro atoms. The number of benzene rings is 3. The quantitative estimate of drug-likeness (QED) is 0.300. The first-order chi connectivity index (χ1) is 14.7. The lowest BCUT2D eigenvalue weighted by Crippen LogP contribution is -2.20. The Bertz CT molecular complexity index is 1120. The number of para-hydroxylation sites is 1. The Hall–Kier alpha value is -2.26. The summed E-state index contributed by atoms with van der Waals surface area (Å²) in [5.74, 6) is 0. The number of hydrogen-bond donors (Lipinski definition) is 1. The van der Waals surface area contributed by atoms with Crippen molar-refractivity contribution in [2.45, 2.75) is 38.9 Å². The molecule has 1 N–H and O–H groups in total. The molecule has 0 aliphatic rings. The minimum atomic E-state index is 0.351. The van der Waals surface area contributed by atoms with Gasteiger partial charge in [-0.3, -0.25) is 0 Å². The molecule has 0 amide bonds. The van der Waals surface area contributed by atoms with Crippen LogP contribution in [0.5, 0.6) is 0 Å². The zero-order valence-electron chi connectivity index (χ0n) is 17.1. The van der Waals surface area contributed by atoms with E-state index in [9.17, 15) is 0 Å². The number of rotatable bonds is 8. The third-order valence-corrected chi connectivity index (χ3v) is 6.13. The van der Waals surface area contributed by atoms with Gasteiger partial charge in [0.15, 0.2) is 0 Å². The van der Waals surface area contributed by atoms with Crippen LogP contribution in [0.25, 0.3) is 10.9 Å². The summed E-state index contributed by atoms with van der Waals surface area (Å²) in [6.45, 7) is 3.77. The molecule has 154 valence electrons. The molecule has 0 radical (unpaired) electrons. The maximum atomic E-state index is 6.43. The van der Waals surface area contributed by atoms with Crippen molar-refractivity contribution in [1.82, 2.24) is 9.88 Å². The molecule has 1 unspecified atom stereocenters. The van der Waals surface area contributed by atoms with E-state index in [1.807, 2.05) is 18.2 Å². The highest BCUT2D eigenvalue weighted by Gasteiger charge is 2.13. The average Bonchev–Trinajstić information content (AvgIpc) is 3.11. The second kappa shape index (κ2) is 9.70. The second-order valence-corrected chi connectivity index (χ2v) is 8.51. The molecular weight excluding hydrogens is 411 g/mol. The average molecular weight is 437 g/mol. The normalized spacial score (nSPS) is 12.4. The number of nitrogens with zero attached hydrogens (tertiary/aromatic N) is 1. The Balaban J connectivity index is 1.60. The number of nitrogens with one attached hydrogen (secondary N) is 1. The fraction of sp³-hybridized carbons (Fsp3) is 0.231. The van der Waals surface area contributed by atoms with Crippen LogP contribution >= 0.6 is 23.2 Å². The number of halogens is 2. The third kappa shape index (κ3) is 4.73. The van der Waals surface area contributed by atoms with E-state index >= 15 is 0 Å². The zero-order valence-corrected chi connectivity index (χ0v) is 18.6. The lowest BCUT2D eigenvalue weighted by Gasteiger charge is -2.18. The van der Waals surface area contributed by atoms with Gasteiger partial charge in [0.1, 0.15) is 0 Å². The van der Waals surface area contributed by atoms with Crippen LogP contribution < -0.4 is 5.32 Å². The first-order valence-corrected chi connectivity index (χ1v) is 11.2. The summed E-state index contributed by atoms with van der Waals surface area (Å²) in [5.41, 5.74) is 4.92. The van der Waals surface area contributed by atoms with Gasteiger partial charge in [0.25, 0.3) is 0 Å². The summed E-state index contributed by atoms with van der Waals surface area (Å²) in [7, 11) is 0. The Kier molecular flexibility index (Phi) is 6.79. The third-order valence-electron chi connectivity index (χ3n) is 5.55. The van der Waals surface area contributed by atoms with Crippen LogP contribution in [0.1, 0.15) is 42.5 Å². The van der Waals surface area contributed by atoms with Crippen molar-refractivity contribution in [1.29, 1.82) is 0 Å². The van der Waals surface area contributed by atoms with Gasteiger partial charge >= 0.3 is 0 Å². The predicted octanol–water partition coefficient (Wildman–Crippen LogP) is 7.63. The van der Waals surface area contributed by atoms with E-state index in [0.717, 1.165) is 24.9 Å². The minimum Gasteiger partial charge on any atom is -0.343 e. The van der Waals surface area contributed by atoms with Gasteiger partial charge in [-0.2, -0.15) is 0 Å². The van der Waals surface area contributed by atoms with Crippen molar-refractivity contribution >= 4 is 34.1 Å². The number of hydrogen-bond acceptors (Lipinski definition) is 1. The molecule has 0 bridgehead atoms. The van der Waals surface area contributed by atoms with Crippen LogP contribution in [0, 0.1) is 0 Å². The molecule has 1 heterocycles. The summed E-state index contributed by atoms with van der Waals surface area (Å²) in [4.78, 5) is 0. The largest absolute Gasteiger partial charge is 0.343 e. The van der Waals surface area contributed by atoms with Crippen LogP contribution in [0.15, 0.2) is 79.0 Å². The molecule has 0 saturated heterocycles. The highest BCUT2D eigenvalue weighted by Crippen LogP contribution is 2.27. The van der Waals surface area contributed by atoms with Crippen molar-refractivity contribution in [3.8, 4) is 0 Å². The van der Waals surface area contributed by atoms with Crippen LogP contribution in [-0.2, 0) is 13.1 Å². The maximum Gasteiger partial charge on any atom is 0.0491 e. The summed E-state index contributed by atoms with van der Waals surface area (Å²) in [6.07, 6.45) is 4.50. The molecule has 4 aromatic rings. The minimum absolute atomic E-state index is 0.351. The highest BCUT2D eigenvalue weighted by atomic mass is 35.5. The molecule has 0 aliphatic carbocycles. The van der Waals surface area contributed by atoms with E-state index in [1.54, 1.807) is 0 Å². The van der Waals surface area contributed by atoms with Gasteiger partial charge in [0.05, 0.1) is 0 Å². The fourth-order valence-electron chi connectivity index (χ4n) is 4.02. The second-order valence-electron chi connectivity index (χ2n) is 7.67. The van der Waals surface area contributed by atoms with E-state index < -0.39 is 0 Å². The summed E-state index contributed by atoms with van der Waals surface area (Å²) >= 11 is 12.5. The van der Waals surface area contributed by atoms with E-state index in [2.05, 4.69) is 77.6 Å². The summed E-state index contributed by atoms with van der Waals surface area (Å²) in [5, 5.41) is 6.42. The first-order valence-electron chi connectivity index (χ1n) is 10.4. The van der Waals surface area contributed by atoms with Crippen molar-refractivity contribution in [3.63, 3.8) is 0 Å². The molecule has 2 nitrogen and oxygen atoms in total. The van der Waals surface area contributed by atoms with Gasteiger partial charge in [-0.15, -0.1) is 0 Å². The molecule has 30 heavy (non-hydrogen) atoms. The monoisotopic (exact) mass is 436 g/mol. The van der Waals surface area contributed by atoms with Gasteiger partial charge in [-0.1, -0.05) is 91.1 Å². The molecule has 4 heteroatoms. The van der Waals surface area contributed by atoms with Gasteiger partial charge in [-0.25, -0.2) is 0 Å². The molecule has 4 rings (SSSR count). The SMILES string of the molecule is CCCC(NCc1cn(Cc2ccc(Cl)cc2Cl)c2ccccc12)c1ccccc1. The smallest absolute Gasteiger partial charge is 0.0491 e. The van der Waals surface area contributed by atoms with Crippen LogP contribution in [0.2, 0.25) is 10.0 Å². The molecular formula is C26H26Cl2N2. The van der Waals surface area contributed by atoms with Gasteiger partial charge in [0.2, 0.25) is 0 Å². The van der Waals surface area contributed by atoms with Crippen LogP contribution in [0.4, 0.5) is 0 Å². The van der Waals surface area contributed by atoms with Gasteiger partial charge < -0.3 is 9.88 Å². The van der Waals surface area contributed by atoms with Gasteiger partial charge in [0, 0.05) is 46.3 Å². The molecule has 0 aliphatic heterocycles. The number of fused-ring (bicyclic) bond motifs is 1. The fourth-order valence-corrected chi connectivity index (χ4v) is 4.49. The van der Waals surface area contributed by atoms with Crippen molar-refractivity contribution in [3.05, 3.63) is 106 Å². The van der Waals surface area contributed by atoms with Crippen LogP contribution in [-0.4, -0.2) is 4.57 Å². The number of aromatic nitrogens is 1. The molecule has 1 aromatic heterocycles. The zero-order chi connectivity index (χ0) is 20.9. The molecule has 3 aromatic carbocycles. The van der Waals surface area contributed by atoms with Crippen molar-refractivity contribution in [2.75, 3.05) is 0 Å². The highest BCUT2D eigenvalue weighted by molar-refractivity contribution is 6.35. The summed E-state index contributed by atoms with van der Waals surface area (Å²) in [6, 6.07) is 25.3. The van der Waals surface area contributed by atoms with Crippen LogP contribution in [0.3, 0.4) is 0 Å². The Morgan fingerprint density at radius 3 is 2.43 bits per heavy atom. The van der Waals surface area contributed by atoms with Gasteiger partial charge in [-0.05, 0) is 41.3 Å². The first kappa shape index (κ1) is 21.0. The van der Waals surface area contributed by atoms with E-state index in [-0.39, 0.29) is 0 Å². The topological polar surface area (TPSA) is 17.0 Å². The molecule has 0 saturated carbocycles. The molecule has 0 fully saturated rings. The lowest BCUT2D eigenvalue weighted by atomic mass is 10.0. The Labute approximate surface area is 188 Å². The Morgan fingerprint density at radius 2 is 1.67 bits per heavy atom. The standard InChI is InChI=1S/C26H26Cl2N2/c1-2-8-25(19-9-4-3-5-10-19)29-16-21-18-30(26-12-7-6-11-23(21)26)17-20-13-14-22(27)15-24(20)28/h3-7,9-15,18,25,29H,2,8,16-17H2,1H3.